The maximum absolute atomic E-state index is 11.6. The Balaban J connectivity index is 2.46. The largest absolute Gasteiger partial charge is 0.481 e. The number of aryl methyl sites for hydroxylation is 1. The monoisotopic (exact) mass is 233 g/mol. The van der Waals surface area contributed by atoms with Crippen LogP contribution in [-0.4, -0.2) is 21.8 Å². The minimum Gasteiger partial charge on any atom is -0.481 e. The van der Waals surface area contributed by atoms with E-state index in [9.17, 15) is 14.7 Å². The average Bonchev–Trinajstić information content (AvgIpc) is 2.31. The zero-order valence-electron chi connectivity index (χ0n) is 9.77. The molecule has 0 spiro atoms. The number of aliphatic carboxylic acids is 1. The normalized spacial score (nSPS) is 19.0. The second-order valence-electron chi connectivity index (χ2n) is 4.59. The Morgan fingerprint density at radius 1 is 1.41 bits per heavy atom. The van der Waals surface area contributed by atoms with Crippen molar-refractivity contribution in [3.05, 3.63) is 29.6 Å². The second kappa shape index (κ2) is 4.28. The van der Waals surface area contributed by atoms with Crippen LogP contribution in [0.15, 0.2) is 18.3 Å². The first-order valence-electron chi connectivity index (χ1n) is 5.73. The summed E-state index contributed by atoms with van der Waals surface area (Å²) in [4.78, 5) is 27.1. The maximum Gasteiger partial charge on any atom is 0.315 e. The lowest BCUT2D eigenvalue weighted by molar-refractivity contribution is -0.146. The van der Waals surface area contributed by atoms with Crippen LogP contribution in [0.5, 0.6) is 0 Å². The highest BCUT2D eigenvalue weighted by Gasteiger charge is 2.45. The molecule has 1 aromatic rings. The first kappa shape index (κ1) is 11.8. The van der Waals surface area contributed by atoms with Gasteiger partial charge in [0.05, 0.1) is 5.69 Å². The zero-order valence-corrected chi connectivity index (χ0v) is 9.77. The lowest BCUT2D eigenvalue weighted by Gasteiger charge is -2.32. The summed E-state index contributed by atoms with van der Waals surface area (Å²) in [7, 11) is 0. The summed E-state index contributed by atoms with van der Waals surface area (Å²) in [6.45, 7) is 1.86. The van der Waals surface area contributed by atoms with Gasteiger partial charge in [-0.1, -0.05) is 6.07 Å². The molecule has 0 amide bonds. The van der Waals surface area contributed by atoms with Crippen molar-refractivity contribution in [3.63, 3.8) is 0 Å². The molecule has 2 rings (SSSR count). The number of carboxylic acids is 1. The Labute approximate surface area is 99.7 Å². The summed E-state index contributed by atoms with van der Waals surface area (Å²) < 4.78 is 0. The predicted molar refractivity (Wildman–Crippen MR) is 61.8 cm³/mol. The van der Waals surface area contributed by atoms with Gasteiger partial charge in [-0.2, -0.15) is 0 Å². The molecule has 1 aromatic heterocycles. The first-order valence-corrected chi connectivity index (χ1v) is 5.73. The minimum absolute atomic E-state index is 0.149. The molecule has 0 aliphatic heterocycles. The lowest BCUT2D eigenvalue weighted by atomic mass is 9.70. The van der Waals surface area contributed by atoms with Gasteiger partial charge in [0, 0.05) is 19.0 Å². The molecule has 0 aromatic carbocycles. The fourth-order valence-corrected chi connectivity index (χ4v) is 2.49. The molecule has 0 unspecified atom stereocenters. The van der Waals surface area contributed by atoms with Crippen molar-refractivity contribution in [3.8, 4) is 0 Å². The van der Waals surface area contributed by atoms with Crippen molar-refractivity contribution in [1.29, 1.82) is 0 Å². The average molecular weight is 233 g/mol. The number of carboxylic acid groups (broad SMARTS) is 1. The number of ketones is 1. The van der Waals surface area contributed by atoms with Crippen LogP contribution >= 0.6 is 0 Å². The molecule has 1 heterocycles. The second-order valence-corrected chi connectivity index (χ2v) is 4.59. The van der Waals surface area contributed by atoms with E-state index in [1.165, 1.54) is 0 Å². The molecular weight excluding hydrogens is 218 g/mol. The van der Waals surface area contributed by atoms with Gasteiger partial charge in [0.25, 0.3) is 0 Å². The number of carbonyl (C=O) groups is 2. The van der Waals surface area contributed by atoms with Crippen LogP contribution in [0.2, 0.25) is 0 Å². The molecule has 0 atom stereocenters. The van der Waals surface area contributed by atoms with E-state index in [4.69, 9.17) is 0 Å². The quantitative estimate of drug-likeness (QED) is 0.846. The number of carbonyl (C=O) groups excluding carboxylic acids is 1. The van der Waals surface area contributed by atoms with Crippen LogP contribution in [0.1, 0.15) is 36.9 Å². The number of pyridine rings is 1. The predicted octanol–water partition coefficient (Wildman–Crippen LogP) is 1.86. The number of hydrogen-bond acceptors (Lipinski definition) is 3. The van der Waals surface area contributed by atoms with Crippen molar-refractivity contribution in [1.82, 2.24) is 4.98 Å². The Morgan fingerprint density at radius 3 is 2.59 bits per heavy atom. The van der Waals surface area contributed by atoms with Crippen LogP contribution < -0.4 is 0 Å². The molecule has 1 saturated carbocycles. The molecule has 1 aliphatic rings. The third-order valence-corrected chi connectivity index (χ3v) is 3.53. The Bertz CT molecular complexity index is 457. The zero-order chi connectivity index (χ0) is 12.5. The van der Waals surface area contributed by atoms with Crippen molar-refractivity contribution in [2.45, 2.75) is 38.0 Å². The molecule has 4 heteroatoms. The summed E-state index contributed by atoms with van der Waals surface area (Å²) in [5.74, 6) is -0.720. The van der Waals surface area contributed by atoms with Crippen LogP contribution in [0.25, 0.3) is 0 Å². The number of aromatic nitrogens is 1. The lowest BCUT2D eigenvalue weighted by Crippen LogP contribution is -2.41. The molecule has 17 heavy (non-hydrogen) atoms. The highest BCUT2D eigenvalue weighted by molar-refractivity contribution is 5.87. The summed E-state index contributed by atoms with van der Waals surface area (Å²) in [6.07, 6.45) is 3.01. The van der Waals surface area contributed by atoms with E-state index in [2.05, 4.69) is 4.98 Å². The third kappa shape index (κ3) is 1.95. The van der Waals surface area contributed by atoms with Crippen molar-refractivity contribution in [2.24, 2.45) is 0 Å². The summed E-state index contributed by atoms with van der Waals surface area (Å²) in [6, 6.07) is 3.66. The fraction of sp³-hybridized carbons (Fsp3) is 0.462. The summed E-state index contributed by atoms with van der Waals surface area (Å²) in [5.41, 5.74) is 0.517. The van der Waals surface area contributed by atoms with Gasteiger partial charge in [-0.25, -0.2) is 0 Å². The van der Waals surface area contributed by atoms with Crippen LogP contribution in [0, 0.1) is 6.92 Å². The SMILES string of the molecule is Cc1cccnc1C1(C(=O)O)CCC(=O)CC1. The van der Waals surface area contributed by atoms with E-state index in [-0.39, 0.29) is 5.78 Å². The topological polar surface area (TPSA) is 67.3 Å². The number of rotatable bonds is 2. The van der Waals surface area contributed by atoms with Gasteiger partial charge < -0.3 is 5.11 Å². The van der Waals surface area contributed by atoms with E-state index in [0.29, 0.717) is 31.4 Å². The van der Waals surface area contributed by atoms with Gasteiger partial charge >= 0.3 is 5.97 Å². The molecule has 0 bridgehead atoms. The molecule has 4 nitrogen and oxygen atoms in total. The van der Waals surface area contributed by atoms with Crippen LogP contribution in [0.3, 0.4) is 0 Å². The van der Waals surface area contributed by atoms with E-state index in [1.807, 2.05) is 13.0 Å². The van der Waals surface area contributed by atoms with Gasteiger partial charge in [0.1, 0.15) is 11.2 Å². The Morgan fingerprint density at radius 2 is 2.06 bits per heavy atom. The molecule has 0 radical (unpaired) electrons. The standard InChI is InChI=1S/C13H15NO3/c1-9-3-2-8-14-11(9)13(12(16)17)6-4-10(15)5-7-13/h2-3,8H,4-7H2,1H3,(H,16,17). The highest BCUT2D eigenvalue weighted by Crippen LogP contribution is 2.38. The molecule has 1 N–H and O–H groups in total. The van der Waals surface area contributed by atoms with Crippen molar-refractivity contribution < 1.29 is 14.7 Å². The first-order chi connectivity index (χ1) is 8.06. The Hall–Kier alpha value is -1.71. The molecule has 1 aliphatic carbocycles. The molecule has 0 saturated heterocycles. The van der Waals surface area contributed by atoms with Gasteiger partial charge in [0.15, 0.2) is 0 Å². The Kier molecular flexibility index (Phi) is 2.96. The molecule has 1 fully saturated rings. The molecular formula is C13H15NO3. The van der Waals surface area contributed by atoms with E-state index in [0.717, 1.165) is 5.56 Å². The van der Waals surface area contributed by atoms with Gasteiger partial charge in [-0.05, 0) is 31.4 Å². The van der Waals surface area contributed by atoms with Crippen LogP contribution in [-0.2, 0) is 15.0 Å². The minimum atomic E-state index is -0.973. The van der Waals surface area contributed by atoms with Crippen molar-refractivity contribution in [2.75, 3.05) is 0 Å². The summed E-state index contributed by atoms with van der Waals surface area (Å²) in [5, 5.41) is 9.50. The van der Waals surface area contributed by atoms with Gasteiger partial charge in [-0.15, -0.1) is 0 Å². The fourth-order valence-electron chi connectivity index (χ4n) is 2.49. The van der Waals surface area contributed by atoms with Crippen molar-refractivity contribution >= 4 is 11.8 Å². The van der Waals surface area contributed by atoms with Crippen LogP contribution in [0.4, 0.5) is 0 Å². The molecule has 90 valence electrons. The van der Waals surface area contributed by atoms with E-state index < -0.39 is 11.4 Å². The number of nitrogens with zero attached hydrogens (tertiary/aromatic N) is 1. The van der Waals surface area contributed by atoms with E-state index >= 15 is 0 Å². The number of hydrogen-bond donors (Lipinski definition) is 1. The number of Topliss-reactive ketones (excluding diaryl/α,β-unsaturated/α-hetero) is 1. The smallest absolute Gasteiger partial charge is 0.315 e. The maximum atomic E-state index is 11.6. The third-order valence-electron chi connectivity index (χ3n) is 3.53. The highest BCUT2D eigenvalue weighted by atomic mass is 16.4. The van der Waals surface area contributed by atoms with E-state index in [1.54, 1.807) is 12.3 Å². The summed E-state index contributed by atoms with van der Waals surface area (Å²) >= 11 is 0. The van der Waals surface area contributed by atoms with Gasteiger partial charge in [0.2, 0.25) is 0 Å². The van der Waals surface area contributed by atoms with Gasteiger partial charge in [-0.3, -0.25) is 14.6 Å².